The summed E-state index contributed by atoms with van der Waals surface area (Å²) in [5.74, 6) is 0. The summed E-state index contributed by atoms with van der Waals surface area (Å²) in [6.45, 7) is 0. The lowest BCUT2D eigenvalue weighted by Gasteiger charge is -2.00. The van der Waals surface area contributed by atoms with Crippen LogP contribution < -0.4 is 0 Å². The first-order chi connectivity index (χ1) is 8.45. The highest BCUT2D eigenvalue weighted by Crippen LogP contribution is 2.16. The van der Waals surface area contributed by atoms with E-state index in [2.05, 4.69) is 35.0 Å². The summed E-state index contributed by atoms with van der Waals surface area (Å²) in [7, 11) is 0. The van der Waals surface area contributed by atoms with Crippen molar-refractivity contribution >= 4 is 22.7 Å². The van der Waals surface area contributed by atoms with Crippen molar-refractivity contribution in [2.24, 2.45) is 0 Å². The molecule has 92 valence electrons. The first kappa shape index (κ1) is 12.8. The maximum atomic E-state index is 2.25. The number of hydrogen-bond acceptors (Lipinski definition) is 2. The lowest BCUT2D eigenvalue weighted by Crippen LogP contribution is -1.84. The third kappa shape index (κ3) is 5.05. The Hall–Kier alpha value is -0.600. The molecule has 17 heavy (non-hydrogen) atoms. The van der Waals surface area contributed by atoms with Crippen LogP contribution in [0, 0.1) is 0 Å². The summed E-state index contributed by atoms with van der Waals surface area (Å²) < 4.78 is 0. The van der Waals surface area contributed by atoms with E-state index in [9.17, 15) is 0 Å². The van der Waals surface area contributed by atoms with Gasteiger partial charge in [-0.3, -0.25) is 0 Å². The molecule has 0 spiro atoms. The van der Waals surface area contributed by atoms with Gasteiger partial charge >= 0.3 is 0 Å². The van der Waals surface area contributed by atoms with Crippen molar-refractivity contribution < 1.29 is 0 Å². The van der Waals surface area contributed by atoms with Gasteiger partial charge in [-0.15, -0.1) is 22.7 Å². The van der Waals surface area contributed by atoms with Crippen LogP contribution in [-0.4, -0.2) is 0 Å². The minimum Gasteiger partial charge on any atom is -0.149 e. The largest absolute Gasteiger partial charge is 0.149 e. The standard InChI is InChI=1S/C15H20S2/c1(2-4-8-14-10-6-12-16-14)3-5-9-15-11-7-13-17-15/h6-7,10-13H,1-5,8-9H2. The number of unbranched alkanes of at least 4 members (excludes halogenated alkanes) is 4. The average Bonchev–Trinajstić information content (AvgIpc) is 3.00. The van der Waals surface area contributed by atoms with Crippen LogP contribution in [-0.2, 0) is 12.8 Å². The van der Waals surface area contributed by atoms with Crippen molar-refractivity contribution in [3.05, 3.63) is 44.8 Å². The van der Waals surface area contributed by atoms with Gasteiger partial charge < -0.3 is 0 Å². The molecular weight excluding hydrogens is 244 g/mol. The van der Waals surface area contributed by atoms with Gasteiger partial charge in [-0.05, 0) is 48.6 Å². The van der Waals surface area contributed by atoms with E-state index in [0.717, 1.165) is 0 Å². The molecule has 2 aromatic heterocycles. The van der Waals surface area contributed by atoms with Gasteiger partial charge in [-0.25, -0.2) is 0 Å². The predicted octanol–water partition coefficient (Wildman–Crippen LogP) is 5.55. The first-order valence-electron chi connectivity index (χ1n) is 6.50. The molecule has 0 aliphatic rings. The van der Waals surface area contributed by atoms with E-state index in [-0.39, 0.29) is 0 Å². The van der Waals surface area contributed by atoms with Crippen molar-refractivity contribution in [1.29, 1.82) is 0 Å². The summed E-state index contributed by atoms with van der Waals surface area (Å²) in [6.07, 6.45) is 9.46. The van der Waals surface area contributed by atoms with Crippen molar-refractivity contribution in [3.63, 3.8) is 0 Å². The van der Waals surface area contributed by atoms with Crippen LogP contribution in [0.4, 0.5) is 0 Å². The minimum atomic E-state index is 1.28. The van der Waals surface area contributed by atoms with Gasteiger partial charge in [0.05, 0.1) is 0 Å². The van der Waals surface area contributed by atoms with E-state index in [1.807, 2.05) is 22.7 Å². The van der Waals surface area contributed by atoms with Crippen LogP contribution in [0.15, 0.2) is 35.0 Å². The molecule has 2 rings (SSSR count). The first-order valence-corrected chi connectivity index (χ1v) is 8.26. The van der Waals surface area contributed by atoms with Crippen LogP contribution in [0.5, 0.6) is 0 Å². The van der Waals surface area contributed by atoms with E-state index >= 15 is 0 Å². The number of aryl methyl sites for hydroxylation is 2. The fourth-order valence-electron chi connectivity index (χ4n) is 2.04. The Kier molecular flexibility index (Phi) is 5.80. The van der Waals surface area contributed by atoms with Gasteiger partial charge in [0, 0.05) is 9.75 Å². The Morgan fingerprint density at radius 1 is 0.647 bits per heavy atom. The zero-order valence-corrected chi connectivity index (χ0v) is 11.9. The quantitative estimate of drug-likeness (QED) is 0.549. The summed E-state index contributed by atoms with van der Waals surface area (Å²) in [6, 6.07) is 8.81. The van der Waals surface area contributed by atoms with Crippen LogP contribution in [0.2, 0.25) is 0 Å². The summed E-state index contributed by atoms with van der Waals surface area (Å²) in [5, 5.41) is 4.35. The van der Waals surface area contributed by atoms with Crippen LogP contribution >= 0.6 is 22.7 Å². The monoisotopic (exact) mass is 264 g/mol. The molecular formula is C15H20S2. The second-order valence-electron chi connectivity index (χ2n) is 4.43. The number of thiophene rings is 2. The second-order valence-corrected chi connectivity index (χ2v) is 6.49. The zero-order valence-electron chi connectivity index (χ0n) is 10.2. The molecule has 0 aliphatic heterocycles. The predicted molar refractivity (Wildman–Crippen MR) is 79.1 cm³/mol. The van der Waals surface area contributed by atoms with E-state index in [0.29, 0.717) is 0 Å². The van der Waals surface area contributed by atoms with Crippen molar-refractivity contribution in [2.45, 2.75) is 44.9 Å². The maximum absolute atomic E-state index is 2.25. The van der Waals surface area contributed by atoms with Gasteiger partial charge in [-0.1, -0.05) is 31.4 Å². The molecule has 0 unspecified atom stereocenters. The summed E-state index contributed by atoms with van der Waals surface area (Å²) in [4.78, 5) is 3.09. The van der Waals surface area contributed by atoms with Gasteiger partial charge in [0.2, 0.25) is 0 Å². The van der Waals surface area contributed by atoms with E-state index in [4.69, 9.17) is 0 Å². The minimum absolute atomic E-state index is 1.28. The van der Waals surface area contributed by atoms with E-state index in [1.165, 1.54) is 44.9 Å². The molecule has 0 saturated heterocycles. The van der Waals surface area contributed by atoms with Crippen LogP contribution in [0.25, 0.3) is 0 Å². The van der Waals surface area contributed by atoms with Crippen LogP contribution in [0.3, 0.4) is 0 Å². The number of rotatable bonds is 8. The highest BCUT2D eigenvalue weighted by Gasteiger charge is 1.96. The fourth-order valence-corrected chi connectivity index (χ4v) is 3.54. The molecule has 0 atom stereocenters. The normalized spacial score (nSPS) is 10.8. The second kappa shape index (κ2) is 7.67. The molecule has 0 N–H and O–H groups in total. The molecule has 2 aromatic rings. The van der Waals surface area contributed by atoms with Crippen molar-refractivity contribution in [3.8, 4) is 0 Å². The molecule has 0 radical (unpaired) electrons. The molecule has 0 saturated carbocycles. The van der Waals surface area contributed by atoms with Gasteiger partial charge in [0.15, 0.2) is 0 Å². The Morgan fingerprint density at radius 2 is 1.12 bits per heavy atom. The zero-order chi connectivity index (χ0) is 11.8. The Labute approximate surface area is 112 Å². The van der Waals surface area contributed by atoms with Gasteiger partial charge in [0.25, 0.3) is 0 Å². The SMILES string of the molecule is c1csc(CCCCCCCc2cccs2)c1. The highest BCUT2D eigenvalue weighted by atomic mass is 32.1. The van der Waals surface area contributed by atoms with E-state index < -0.39 is 0 Å². The molecule has 2 heterocycles. The Bertz CT molecular complexity index is 335. The summed E-state index contributed by atoms with van der Waals surface area (Å²) >= 11 is 3.78. The Morgan fingerprint density at radius 3 is 1.53 bits per heavy atom. The lowest BCUT2D eigenvalue weighted by molar-refractivity contribution is 0.617. The van der Waals surface area contributed by atoms with Crippen molar-refractivity contribution in [2.75, 3.05) is 0 Å². The smallest absolute Gasteiger partial charge is 0.00452 e. The maximum Gasteiger partial charge on any atom is 0.00452 e. The molecule has 0 nitrogen and oxygen atoms in total. The molecule has 0 aromatic carbocycles. The Balaban J connectivity index is 1.44. The topological polar surface area (TPSA) is 0 Å². The van der Waals surface area contributed by atoms with Crippen LogP contribution in [0.1, 0.15) is 41.9 Å². The van der Waals surface area contributed by atoms with E-state index in [1.54, 1.807) is 9.75 Å². The van der Waals surface area contributed by atoms with Crippen molar-refractivity contribution in [1.82, 2.24) is 0 Å². The molecule has 0 bridgehead atoms. The highest BCUT2D eigenvalue weighted by molar-refractivity contribution is 7.10. The third-order valence-electron chi connectivity index (χ3n) is 3.01. The molecule has 0 amide bonds. The van der Waals surface area contributed by atoms with Gasteiger partial charge in [-0.2, -0.15) is 0 Å². The third-order valence-corrected chi connectivity index (χ3v) is 4.88. The van der Waals surface area contributed by atoms with Gasteiger partial charge in [0.1, 0.15) is 0 Å². The molecule has 0 fully saturated rings. The average molecular weight is 264 g/mol. The fraction of sp³-hybridized carbons (Fsp3) is 0.467. The lowest BCUT2D eigenvalue weighted by atomic mass is 10.1. The molecule has 2 heteroatoms. The summed E-state index contributed by atoms with van der Waals surface area (Å²) in [5.41, 5.74) is 0. The molecule has 0 aliphatic carbocycles. The number of hydrogen-bond donors (Lipinski definition) is 0.